The number of hydrogen-bond acceptors (Lipinski definition) is 2. The van der Waals surface area contributed by atoms with Crippen molar-refractivity contribution in [1.29, 1.82) is 0 Å². The van der Waals surface area contributed by atoms with Crippen LogP contribution in [0.2, 0.25) is 0 Å². The molecule has 0 saturated heterocycles. The van der Waals surface area contributed by atoms with Crippen LogP contribution in [0, 0.1) is 5.41 Å². The molecule has 1 fully saturated rings. The van der Waals surface area contributed by atoms with Gasteiger partial charge in [0.05, 0.1) is 0 Å². The van der Waals surface area contributed by atoms with E-state index in [9.17, 15) is 18.0 Å². The van der Waals surface area contributed by atoms with Crippen LogP contribution < -0.4 is 10.1 Å². The van der Waals surface area contributed by atoms with E-state index in [-0.39, 0.29) is 17.1 Å². The molecule has 1 aliphatic rings. The number of anilines is 1. The lowest BCUT2D eigenvalue weighted by molar-refractivity contribution is -0.274. The molecule has 1 aliphatic carbocycles. The number of halogens is 3. The van der Waals surface area contributed by atoms with Crippen LogP contribution in [0.4, 0.5) is 18.9 Å². The molecule has 110 valence electrons. The lowest BCUT2D eigenvalue weighted by Gasteiger charge is -2.22. The van der Waals surface area contributed by atoms with Crippen molar-refractivity contribution in [3.8, 4) is 5.75 Å². The Morgan fingerprint density at radius 1 is 1.20 bits per heavy atom. The van der Waals surface area contributed by atoms with Gasteiger partial charge >= 0.3 is 6.36 Å². The first kappa shape index (κ1) is 14.7. The highest BCUT2D eigenvalue weighted by molar-refractivity contribution is 5.95. The minimum Gasteiger partial charge on any atom is -0.406 e. The number of carbonyl (C=O) groups excluding carboxylic acids is 1. The van der Waals surface area contributed by atoms with E-state index >= 15 is 0 Å². The Morgan fingerprint density at radius 2 is 1.75 bits per heavy atom. The fourth-order valence-electron chi connectivity index (χ4n) is 2.40. The molecule has 0 atom stereocenters. The van der Waals surface area contributed by atoms with E-state index < -0.39 is 6.36 Å². The van der Waals surface area contributed by atoms with Crippen LogP contribution in [0.15, 0.2) is 24.3 Å². The van der Waals surface area contributed by atoms with Crippen LogP contribution in [0.1, 0.15) is 32.6 Å². The summed E-state index contributed by atoms with van der Waals surface area (Å²) < 4.78 is 39.8. The summed E-state index contributed by atoms with van der Waals surface area (Å²) in [5.74, 6) is -0.387. The second-order valence-corrected chi connectivity index (χ2v) is 5.29. The summed E-state index contributed by atoms with van der Waals surface area (Å²) in [4.78, 5) is 12.1. The standard InChI is InChI=1S/C14H16F3NO2/c1-13(8-2-3-9-13)12(19)18-10-4-6-11(7-5-10)20-14(15,16)17/h4-7H,2-3,8-9H2,1H3,(H,18,19). The van der Waals surface area contributed by atoms with Gasteiger partial charge in [-0.15, -0.1) is 13.2 Å². The van der Waals surface area contributed by atoms with Crippen molar-refractivity contribution >= 4 is 11.6 Å². The average Bonchev–Trinajstić information content (AvgIpc) is 2.78. The van der Waals surface area contributed by atoms with Gasteiger partial charge in [-0.3, -0.25) is 4.79 Å². The molecule has 2 rings (SSSR count). The molecule has 1 amide bonds. The SMILES string of the molecule is CC1(C(=O)Nc2ccc(OC(F)(F)F)cc2)CCCC1. The van der Waals surface area contributed by atoms with Crippen molar-refractivity contribution in [3.05, 3.63) is 24.3 Å². The van der Waals surface area contributed by atoms with Gasteiger partial charge in [0.15, 0.2) is 0 Å². The Kier molecular flexibility index (Phi) is 3.92. The minimum absolute atomic E-state index is 0.0838. The quantitative estimate of drug-likeness (QED) is 0.908. The Hall–Kier alpha value is -1.72. The van der Waals surface area contributed by atoms with Gasteiger partial charge in [-0.05, 0) is 37.1 Å². The maximum atomic E-state index is 12.1. The number of hydrogen-bond donors (Lipinski definition) is 1. The first-order valence-electron chi connectivity index (χ1n) is 6.46. The molecule has 1 aromatic rings. The third-order valence-corrected chi connectivity index (χ3v) is 3.60. The van der Waals surface area contributed by atoms with Crippen LogP contribution in [-0.2, 0) is 4.79 Å². The topological polar surface area (TPSA) is 38.3 Å². The summed E-state index contributed by atoms with van der Waals surface area (Å²) in [5, 5.41) is 2.74. The van der Waals surface area contributed by atoms with Crippen molar-refractivity contribution in [2.75, 3.05) is 5.32 Å². The van der Waals surface area contributed by atoms with Gasteiger partial charge in [0.2, 0.25) is 5.91 Å². The van der Waals surface area contributed by atoms with E-state index in [1.54, 1.807) is 0 Å². The van der Waals surface area contributed by atoms with Crippen molar-refractivity contribution in [2.24, 2.45) is 5.41 Å². The molecule has 1 saturated carbocycles. The van der Waals surface area contributed by atoms with Gasteiger partial charge in [-0.2, -0.15) is 0 Å². The predicted octanol–water partition coefficient (Wildman–Crippen LogP) is 4.10. The second kappa shape index (κ2) is 5.34. The van der Waals surface area contributed by atoms with Crippen molar-refractivity contribution in [2.45, 2.75) is 39.0 Å². The van der Waals surface area contributed by atoms with Crippen molar-refractivity contribution in [1.82, 2.24) is 0 Å². The fraction of sp³-hybridized carbons (Fsp3) is 0.500. The number of rotatable bonds is 3. The summed E-state index contributed by atoms with van der Waals surface area (Å²) >= 11 is 0. The zero-order chi connectivity index (χ0) is 14.8. The summed E-state index contributed by atoms with van der Waals surface area (Å²) in [6.07, 6.45) is -0.963. The molecule has 0 aromatic heterocycles. The van der Waals surface area contributed by atoms with Crippen LogP contribution in [0.5, 0.6) is 5.75 Å². The Morgan fingerprint density at radius 3 is 2.25 bits per heavy atom. The molecular formula is C14H16F3NO2. The van der Waals surface area contributed by atoms with Crippen LogP contribution in [0.3, 0.4) is 0 Å². The van der Waals surface area contributed by atoms with Crippen molar-refractivity contribution < 1.29 is 22.7 Å². The molecule has 0 heterocycles. The molecule has 0 aliphatic heterocycles. The van der Waals surface area contributed by atoms with Crippen LogP contribution in [0.25, 0.3) is 0 Å². The normalized spacial score (nSPS) is 17.8. The Balaban J connectivity index is 1.98. The second-order valence-electron chi connectivity index (χ2n) is 5.29. The Labute approximate surface area is 115 Å². The number of benzene rings is 1. The van der Waals surface area contributed by atoms with Gasteiger partial charge in [0.25, 0.3) is 0 Å². The van der Waals surface area contributed by atoms with Gasteiger partial charge < -0.3 is 10.1 Å². The average molecular weight is 287 g/mol. The largest absolute Gasteiger partial charge is 0.573 e. The number of alkyl halides is 3. The lowest BCUT2D eigenvalue weighted by atomic mass is 9.88. The molecule has 1 aromatic carbocycles. The summed E-state index contributed by atoms with van der Waals surface area (Å²) in [6, 6.07) is 5.16. The lowest BCUT2D eigenvalue weighted by Crippen LogP contribution is -2.30. The number of nitrogens with one attached hydrogen (secondary N) is 1. The maximum absolute atomic E-state index is 12.1. The monoisotopic (exact) mass is 287 g/mol. The summed E-state index contributed by atoms with van der Waals surface area (Å²) in [5.41, 5.74) is 0.0962. The van der Waals surface area contributed by atoms with Gasteiger partial charge in [0.1, 0.15) is 5.75 Å². The van der Waals surface area contributed by atoms with Crippen LogP contribution in [-0.4, -0.2) is 12.3 Å². The van der Waals surface area contributed by atoms with Crippen molar-refractivity contribution in [3.63, 3.8) is 0 Å². The van der Waals surface area contributed by atoms with E-state index in [1.807, 2.05) is 6.92 Å². The third-order valence-electron chi connectivity index (χ3n) is 3.60. The number of carbonyl (C=O) groups is 1. The maximum Gasteiger partial charge on any atom is 0.573 e. The van der Waals surface area contributed by atoms with Gasteiger partial charge in [-0.25, -0.2) is 0 Å². The molecule has 6 heteroatoms. The third kappa shape index (κ3) is 3.65. The molecule has 0 radical (unpaired) electrons. The molecule has 20 heavy (non-hydrogen) atoms. The van der Waals surface area contributed by atoms with Gasteiger partial charge in [0, 0.05) is 11.1 Å². The zero-order valence-corrected chi connectivity index (χ0v) is 11.1. The molecular weight excluding hydrogens is 271 g/mol. The molecule has 0 spiro atoms. The van der Waals surface area contributed by atoms with Gasteiger partial charge in [-0.1, -0.05) is 19.8 Å². The van der Waals surface area contributed by atoms with Crippen LogP contribution >= 0.6 is 0 Å². The molecule has 0 unspecified atom stereocenters. The zero-order valence-electron chi connectivity index (χ0n) is 11.1. The first-order chi connectivity index (χ1) is 9.28. The Bertz CT molecular complexity index is 476. The minimum atomic E-state index is -4.71. The fourth-order valence-corrected chi connectivity index (χ4v) is 2.40. The highest BCUT2D eigenvalue weighted by Gasteiger charge is 2.36. The summed E-state index contributed by atoms with van der Waals surface area (Å²) in [6.45, 7) is 1.91. The molecule has 0 bridgehead atoms. The first-order valence-corrected chi connectivity index (χ1v) is 6.46. The number of amides is 1. The predicted molar refractivity (Wildman–Crippen MR) is 68.3 cm³/mol. The van der Waals surface area contributed by atoms with E-state index in [1.165, 1.54) is 24.3 Å². The summed E-state index contributed by atoms with van der Waals surface area (Å²) in [7, 11) is 0. The highest BCUT2D eigenvalue weighted by atomic mass is 19.4. The van der Waals surface area contributed by atoms with E-state index in [0.717, 1.165) is 25.7 Å². The molecule has 3 nitrogen and oxygen atoms in total. The number of ether oxygens (including phenoxy) is 1. The van der Waals surface area contributed by atoms with E-state index in [0.29, 0.717) is 5.69 Å². The highest BCUT2D eigenvalue weighted by Crippen LogP contribution is 2.38. The van der Waals surface area contributed by atoms with E-state index in [4.69, 9.17) is 0 Å². The smallest absolute Gasteiger partial charge is 0.406 e. The molecule has 1 N–H and O–H groups in total. The van der Waals surface area contributed by atoms with E-state index in [2.05, 4.69) is 10.1 Å².